The van der Waals surface area contributed by atoms with Crippen molar-refractivity contribution in [2.75, 3.05) is 6.54 Å². The number of carbonyl (C=O) groups excluding carboxylic acids is 3. The Hall–Kier alpha value is -1.59. The third-order valence-corrected chi connectivity index (χ3v) is 1.67. The quantitative estimate of drug-likeness (QED) is 0.253. The molecule has 6 nitrogen and oxygen atoms in total. The molecule has 0 saturated carbocycles. The zero-order chi connectivity index (χ0) is 9.68. The minimum atomic E-state index is -0.696. The van der Waals surface area contributed by atoms with E-state index in [0.29, 0.717) is 25.8 Å². The number of esters is 1. The smallest absolute Gasteiger partial charge is 0.375 e. The summed E-state index contributed by atoms with van der Waals surface area (Å²) in [7, 11) is 0. The van der Waals surface area contributed by atoms with Gasteiger partial charge in [0.05, 0.1) is 0 Å². The molecule has 0 radical (unpaired) electrons. The Morgan fingerprint density at radius 2 is 2.31 bits per heavy atom. The molecule has 0 spiro atoms. The first kappa shape index (κ1) is 9.50. The summed E-state index contributed by atoms with van der Waals surface area (Å²) in [5.74, 6) is -0.545. The maximum absolute atomic E-state index is 10.9. The number of carbonyl (C=O) groups is 3. The Morgan fingerprint density at radius 3 is 2.85 bits per heavy atom. The molecule has 1 atom stereocenters. The van der Waals surface area contributed by atoms with Crippen LogP contribution in [0.4, 0.5) is 4.79 Å². The fourth-order valence-corrected chi connectivity index (χ4v) is 1.05. The molecule has 0 aliphatic carbocycles. The van der Waals surface area contributed by atoms with Crippen LogP contribution in [0.25, 0.3) is 0 Å². The second-order valence-electron chi connectivity index (χ2n) is 2.62. The Bertz CT molecular complexity index is 229. The van der Waals surface area contributed by atoms with E-state index in [1.165, 1.54) is 0 Å². The summed E-state index contributed by atoms with van der Waals surface area (Å²) in [5, 5.41) is 4.81. The predicted molar refractivity (Wildman–Crippen MR) is 41.7 cm³/mol. The number of amides is 2. The highest BCUT2D eigenvalue weighted by Crippen LogP contribution is 2.05. The highest BCUT2D eigenvalue weighted by molar-refractivity contribution is 5.95. The first-order valence-electron chi connectivity index (χ1n) is 3.93. The summed E-state index contributed by atoms with van der Waals surface area (Å²) >= 11 is 0. The fraction of sp³-hybridized carbons (Fsp3) is 0.571. The summed E-state index contributed by atoms with van der Waals surface area (Å²) in [6.45, 7) is 0.489. The van der Waals surface area contributed by atoms with Gasteiger partial charge in [-0.2, -0.15) is 0 Å². The molecule has 0 aromatic heterocycles. The van der Waals surface area contributed by atoms with Crippen LogP contribution in [0.15, 0.2) is 0 Å². The average Bonchev–Trinajstić information content (AvgIpc) is 2.39. The minimum Gasteiger partial charge on any atom is -0.375 e. The summed E-state index contributed by atoms with van der Waals surface area (Å²) in [6.07, 6.45) is 0.994. The van der Waals surface area contributed by atoms with Crippen molar-refractivity contribution in [2.24, 2.45) is 0 Å². The van der Waals surface area contributed by atoms with Gasteiger partial charge in [0.1, 0.15) is 6.04 Å². The zero-order valence-electron chi connectivity index (χ0n) is 6.91. The molecular weight excluding hydrogens is 176 g/mol. The van der Waals surface area contributed by atoms with Crippen molar-refractivity contribution in [1.29, 1.82) is 0 Å². The maximum atomic E-state index is 10.9. The van der Waals surface area contributed by atoms with Gasteiger partial charge in [0, 0.05) is 6.54 Å². The predicted octanol–water partition coefficient (Wildman–Crippen LogP) is -0.852. The highest BCUT2D eigenvalue weighted by Gasteiger charge is 2.31. The lowest BCUT2D eigenvalue weighted by atomic mass is 10.2. The van der Waals surface area contributed by atoms with Gasteiger partial charge in [-0.1, -0.05) is 0 Å². The van der Waals surface area contributed by atoms with Gasteiger partial charge in [-0.3, -0.25) is 4.79 Å². The van der Waals surface area contributed by atoms with E-state index in [0.717, 1.165) is 0 Å². The molecule has 0 aromatic carbocycles. The van der Waals surface area contributed by atoms with E-state index in [4.69, 9.17) is 0 Å². The molecule has 1 heterocycles. The van der Waals surface area contributed by atoms with Crippen LogP contribution in [0.1, 0.15) is 12.8 Å². The van der Waals surface area contributed by atoms with Crippen LogP contribution >= 0.6 is 0 Å². The van der Waals surface area contributed by atoms with Crippen molar-refractivity contribution >= 4 is 18.5 Å². The van der Waals surface area contributed by atoms with Crippen LogP contribution in [0.5, 0.6) is 0 Å². The van der Waals surface area contributed by atoms with Crippen molar-refractivity contribution in [3.8, 4) is 0 Å². The zero-order valence-corrected chi connectivity index (χ0v) is 6.91. The molecule has 1 fully saturated rings. The summed E-state index contributed by atoms with van der Waals surface area (Å²) < 4.78 is 4.25. The van der Waals surface area contributed by atoms with Gasteiger partial charge in [-0.15, -0.1) is 0 Å². The third-order valence-electron chi connectivity index (χ3n) is 1.67. The van der Waals surface area contributed by atoms with Crippen LogP contribution in [0.3, 0.4) is 0 Å². The Balaban J connectivity index is 2.18. The Morgan fingerprint density at radius 1 is 1.54 bits per heavy atom. The lowest BCUT2D eigenvalue weighted by Gasteiger charge is -2.03. The molecule has 2 amide bonds. The Kier molecular flexibility index (Phi) is 3.24. The largest absolute Gasteiger partial charge is 0.415 e. The van der Waals surface area contributed by atoms with Gasteiger partial charge in [-0.25, -0.2) is 9.59 Å². The standard InChI is InChI=1S/C7H10N2O4/c10-4-8-3-1-2-5-6(11)13-7(12)9-5/h4-5H,1-3H2,(H,8,10)(H,9,12). The topological polar surface area (TPSA) is 84.5 Å². The molecule has 1 unspecified atom stereocenters. The number of ether oxygens (including phenoxy) is 1. The van der Waals surface area contributed by atoms with E-state index in [1.54, 1.807) is 0 Å². The van der Waals surface area contributed by atoms with Crippen LogP contribution in [-0.4, -0.2) is 31.1 Å². The second kappa shape index (κ2) is 4.44. The minimum absolute atomic E-state index is 0.478. The second-order valence-corrected chi connectivity index (χ2v) is 2.62. The van der Waals surface area contributed by atoms with Gasteiger partial charge in [0.25, 0.3) is 0 Å². The molecule has 13 heavy (non-hydrogen) atoms. The van der Waals surface area contributed by atoms with Gasteiger partial charge >= 0.3 is 12.1 Å². The molecule has 1 saturated heterocycles. The lowest BCUT2D eigenvalue weighted by Crippen LogP contribution is -2.29. The number of alkyl carbamates (subject to hydrolysis) is 1. The Labute approximate surface area is 74.6 Å². The normalized spacial score (nSPS) is 20.8. The molecule has 0 bridgehead atoms. The van der Waals surface area contributed by atoms with Crippen LogP contribution in [0.2, 0.25) is 0 Å². The van der Waals surface area contributed by atoms with Gasteiger partial charge in [0.15, 0.2) is 0 Å². The van der Waals surface area contributed by atoms with Gasteiger partial charge in [0.2, 0.25) is 6.41 Å². The van der Waals surface area contributed by atoms with Gasteiger partial charge in [-0.05, 0) is 12.8 Å². The maximum Gasteiger partial charge on any atom is 0.415 e. The molecule has 72 valence electrons. The first-order valence-corrected chi connectivity index (χ1v) is 3.93. The van der Waals surface area contributed by atoms with E-state index in [1.807, 2.05) is 0 Å². The third kappa shape index (κ3) is 2.73. The van der Waals surface area contributed by atoms with E-state index in [2.05, 4.69) is 15.4 Å². The molecule has 1 aliphatic heterocycles. The fourth-order valence-electron chi connectivity index (χ4n) is 1.05. The van der Waals surface area contributed by atoms with E-state index < -0.39 is 18.1 Å². The number of cyclic esters (lactones) is 2. The van der Waals surface area contributed by atoms with Crippen molar-refractivity contribution in [2.45, 2.75) is 18.9 Å². The van der Waals surface area contributed by atoms with E-state index >= 15 is 0 Å². The average molecular weight is 186 g/mol. The monoisotopic (exact) mass is 186 g/mol. The van der Waals surface area contributed by atoms with Crippen LogP contribution < -0.4 is 10.6 Å². The summed E-state index contributed by atoms with van der Waals surface area (Å²) in [5.41, 5.74) is 0. The van der Waals surface area contributed by atoms with Crippen molar-refractivity contribution in [3.63, 3.8) is 0 Å². The van der Waals surface area contributed by atoms with Crippen molar-refractivity contribution in [1.82, 2.24) is 10.6 Å². The highest BCUT2D eigenvalue weighted by atomic mass is 16.6. The SMILES string of the molecule is O=CNCCCC1NC(=O)OC1=O. The van der Waals surface area contributed by atoms with Gasteiger partial charge < -0.3 is 15.4 Å². The van der Waals surface area contributed by atoms with Crippen LogP contribution in [0, 0.1) is 0 Å². The number of hydrogen-bond acceptors (Lipinski definition) is 4. The van der Waals surface area contributed by atoms with Crippen molar-refractivity contribution in [3.05, 3.63) is 0 Å². The molecular formula is C7H10N2O4. The number of nitrogens with one attached hydrogen (secondary N) is 2. The van der Waals surface area contributed by atoms with Crippen LogP contribution in [-0.2, 0) is 14.3 Å². The molecule has 2 N–H and O–H groups in total. The lowest BCUT2D eigenvalue weighted by molar-refractivity contribution is -0.135. The molecule has 0 aromatic rings. The molecule has 1 aliphatic rings. The summed E-state index contributed by atoms with van der Waals surface area (Å²) in [6, 6.07) is -0.555. The molecule has 1 rings (SSSR count). The number of rotatable bonds is 5. The first-order chi connectivity index (χ1) is 6.24. The number of hydrogen-bond donors (Lipinski definition) is 2. The molecule has 6 heteroatoms. The van der Waals surface area contributed by atoms with E-state index in [9.17, 15) is 14.4 Å². The summed E-state index contributed by atoms with van der Waals surface area (Å²) in [4.78, 5) is 31.2. The van der Waals surface area contributed by atoms with E-state index in [-0.39, 0.29) is 0 Å². The van der Waals surface area contributed by atoms with Crippen molar-refractivity contribution < 1.29 is 19.1 Å².